The highest BCUT2D eigenvalue weighted by Gasteiger charge is 2.36. The third-order valence-corrected chi connectivity index (χ3v) is 6.32. The number of fused-ring (bicyclic) bond motifs is 2. The van der Waals surface area contributed by atoms with Gasteiger partial charge in [-0.3, -0.25) is 14.3 Å². The van der Waals surface area contributed by atoms with Crippen molar-refractivity contribution in [3.05, 3.63) is 69.9 Å². The lowest BCUT2D eigenvalue weighted by Gasteiger charge is -2.14. The van der Waals surface area contributed by atoms with Gasteiger partial charge >= 0.3 is 12.1 Å². The Morgan fingerprint density at radius 3 is 2.67 bits per heavy atom. The number of rotatable bonds is 8. The van der Waals surface area contributed by atoms with E-state index in [9.17, 15) is 27.9 Å². The summed E-state index contributed by atoms with van der Waals surface area (Å²) in [6, 6.07) is 7.61. The van der Waals surface area contributed by atoms with Crippen LogP contribution in [0.3, 0.4) is 0 Å². The molecule has 0 aliphatic heterocycles. The van der Waals surface area contributed by atoms with E-state index in [0.717, 1.165) is 18.9 Å². The SMILES string of the molecule is CCC(C(=O)O)c1nn(Cc2cn3cc(OCC4CC4)c(C(F)(F)F)cc3n2)c2ccccc2c1=O. The van der Waals surface area contributed by atoms with Crippen LogP contribution in [0.2, 0.25) is 0 Å². The second-order valence-electron chi connectivity index (χ2n) is 8.99. The van der Waals surface area contributed by atoms with E-state index < -0.39 is 29.1 Å². The summed E-state index contributed by atoms with van der Waals surface area (Å²) in [5, 5.41) is 14.3. The lowest BCUT2D eigenvalue weighted by atomic mass is 10.0. The number of hydrogen-bond donors (Lipinski definition) is 1. The number of aromatic nitrogens is 4. The van der Waals surface area contributed by atoms with E-state index >= 15 is 0 Å². The number of pyridine rings is 1. The number of imidazole rings is 1. The largest absolute Gasteiger partial charge is 0.491 e. The molecule has 36 heavy (non-hydrogen) atoms. The summed E-state index contributed by atoms with van der Waals surface area (Å²) in [6.45, 7) is 1.90. The van der Waals surface area contributed by atoms with Gasteiger partial charge in [0.15, 0.2) is 0 Å². The highest BCUT2D eigenvalue weighted by atomic mass is 19.4. The standard InChI is InChI=1S/C25H23F3N4O4/c1-2-16(24(34)35)22-23(33)17-5-3-4-6-19(17)32(30-22)11-15-10-31-12-20(36-13-14-7-8-14)18(25(26,27)28)9-21(31)29-15/h3-6,9-10,12,14,16H,2,7-8,11,13H2,1H3,(H,34,35). The first kappa shape index (κ1) is 23.8. The Morgan fingerprint density at radius 1 is 1.25 bits per heavy atom. The fraction of sp³-hybridized carbons (Fsp3) is 0.360. The molecule has 1 aliphatic rings. The van der Waals surface area contributed by atoms with Crippen molar-refractivity contribution < 1.29 is 27.8 Å². The number of carboxylic acids is 1. The van der Waals surface area contributed by atoms with Gasteiger partial charge in [0.05, 0.1) is 30.6 Å². The zero-order chi connectivity index (χ0) is 25.6. The van der Waals surface area contributed by atoms with Crippen LogP contribution in [-0.4, -0.2) is 36.8 Å². The summed E-state index contributed by atoms with van der Waals surface area (Å²) in [7, 11) is 0. The van der Waals surface area contributed by atoms with Crippen LogP contribution in [0, 0.1) is 5.92 Å². The minimum atomic E-state index is -4.61. The van der Waals surface area contributed by atoms with Crippen LogP contribution in [-0.2, 0) is 17.5 Å². The third-order valence-electron chi connectivity index (χ3n) is 6.32. The maximum absolute atomic E-state index is 13.7. The van der Waals surface area contributed by atoms with E-state index in [1.807, 2.05) is 0 Å². The van der Waals surface area contributed by atoms with Gasteiger partial charge in [-0.2, -0.15) is 18.3 Å². The molecule has 1 aromatic carbocycles. The van der Waals surface area contributed by atoms with Gasteiger partial charge in [0.25, 0.3) is 0 Å². The Hall–Kier alpha value is -3.89. The molecule has 4 aromatic rings. The number of hydrogen-bond acceptors (Lipinski definition) is 5. The highest BCUT2D eigenvalue weighted by molar-refractivity contribution is 5.81. The van der Waals surface area contributed by atoms with Crippen molar-refractivity contribution in [1.29, 1.82) is 0 Å². The molecule has 1 fully saturated rings. The van der Waals surface area contributed by atoms with Gasteiger partial charge in [0.1, 0.15) is 28.6 Å². The van der Waals surface area contributed by atoms with Crippen molar-refractivity contribution in [2.24, 2.45) is 5.92 Å². The molecule has 11 heteroatoms. The van der Waals surface area contributed by atoms with E-state index in [0.29, 0.717) is 16.6 Å². The number of carbonyl (C=O) groups is 1. The van der Waals surface area contributed by atoms with Crippen molar-refractivity contribution in [1.82, 2.24) is 19.2 Å². The Balaban J connectivity index is 1.58. The van der Waals surface area contributed by atoms with Gasteiger partial charge in [-0.15, -0.1) is 0 Å². The molecular formula is C25H23F3N4O4. The predicted molar refractivity (Wildman–Crippen MR) is 124 cm³/mol. The van der Waals surface area contributed by atoms with E-state index in [4.69, 9.17) is 4.74 Å². The summed E-state index contributed by atoms with van der Waals surface area (Å²) in [5.41, 5.74) is -0.514. The molecule has 1 unspecified atom stereocenters. The molecule has 1 saturated carbocycles. The van der Waals surface area contributed by atoms with Crippen LogP contribution in [0.15, 0.2) is 47.5 Å². The molecule has 8 nitrogen and oxygen atoms in total. The van der Waals surface area contributed by atoms with Gasteiger partial charge in [-0.05, 0) is 43.4 Å². The monoisotopic (exact) mass is 500 g/mol. The van der Waals surface area contributed by atoms with Gasteiger partial charge < -0.3 is 14.2 Å². The molecule has 5 rings (SSSR count). The zero-order valence-electron chi connectivity index (χ0n) is 19.3. The molecular weight excluding hydrogens is 477 g/mol. The second kappa shape index (κ2) is 8.96. The molecule has 0 bridgehead atoms. The molecule has 0 radical (unpaired) electrons. The maximum atomic E-state index is 13.7. The minimum Gasteiger partial charge on any atom is -0.491 e. The topological polar surface area (TPSA) is 98.7 Å². The second-order valence-corrected chi connectivity index (χ2v) is 8.99. The average Bonchev–Trinajstić information content (AvgIpc) is 3.58. The van der Waals surface area contributed by atoms with Crippen molar-refractivity contribution >= 4 is 22.5 Å². The number of para-hydroxylation sites is 1. The van der Waals surface area contributed by atoms with Gasteiger partial charge in [-0.1, -0.05) is 19.1 Å². The fourth-order valence-electron chi connectivity index (χ4n) is 4.22. The van der Waals surface area contributed by atoms with Gasteiger partial charge in [0, 0.05) is 11.6 Å². The molecule has 0 amide bonds. The first-order valence-electron chi connectivity index (χ1n) is 11.6. The lowest BCUT2D eigenvalue weighted by molar-refractivity contribution is -0.139. The highest BCUT2D eigenvalue weighted by Crippen LogP contribution is 2.38. The van der Waals surface area contributed by atoms with Crippen molar-refractivity contribution in [3.63, 3.8) is 0 Å². The van der Waals surface area contributed by atoms with Gasteiger partial charge in [0.2, 0.25) is 5.43 Å². The molecule has 188 valence electrons. The summed E-state index contributed by atoms with van der Waals surface area (Å²) < 4.78 is 49.5. The molecule has 3 aromatic heterocycles. The van der Waals surface area contributed by atoms with Crippen molar-refractivity contribution in [2.45, 2.75) is 44.8 Å². The number of ether oxygens (including phenoxy) is 1. The minimum absolute atomic E-state index is 0.0190. The van der Waals surface area contributed by atoms with Crippen LogP contribution < -0.4 is 10.2 Å². The van der Waals surface area contributed by atoms with E-state index in [1.165, 1.54) is 15.3 Å². The van der Waals surface area contributed by atoms with Crippen LogP contribution >= 0.6 is 0 Å². The van der Waals surface area contributed by atoms with Crippen molar-refractivity contribution in [3.8, 4) is 5.75 Å². The Bertz CT molecular complexity index is 1520. The molecule has 3 heterocycles. The lowest BCUT2D eigenvalue weighted by Crippen LogP contribution is -2.26. The summed E-state index contributed by atoms with van der Waals surface area (Å²) in [6.07, 6.45) is 0.307. The third kappa shape index (κ3) is 4.52. The number of nitrogens with zero attached hydrogens (tertiary/aromatic N) is 4. The molecule has 1 N–H and O–H groups in total. The average molecular weight is 500 g/mol. The smallest absolute Gasteiger partial charge is 0.420 e. The predicted octanol–water partition coefficient (Wildman–Crippen LogP) is 4.48. The maximum Gasteiger partial charge on any atom is 0.420 e. The Labute approximate surface area is 202 Å². The Morgan fingerprint density at radius 2 is 2.00 bits per heavy atom. The van der Waals surface area contributed by atoms with Crippen LogP contribution in [0.4, 0.5) is 13.2 Å². The summed E-state index contributed by atoms with van der Waals surface area (Å²) >= 11 is 0. The van der Waals surface area contributed by atoms with E-state index in [-0.39, 0.29) is 42.6 Å². The van der Waals surface area contributed by atoms with E-state index in [1.54, 1.807) is 37.4 Å². The first-order chi connectivity index (χ1) is 17.2. The fourth-order valence-corrected chi connectivity index (χ4v) is 4.22. The number of alkyl halides is 3. The molecule has 0 saturated heterocycles. The van der Waals surface area contributed by atoms with Crippen LogP contribution in [0.25, 0.3) is 16.6 Å². The number of carboxylic acid groups (broad SMARTS) is 1. The van der Waals surface area contributed by atoms with Crippen LogP contribution in [0.5, 0.6) is 5.75 Å². The molecule has 1 atom stereocenters. The summed E-state index contributed by atoms with van der Waals surface area (Å²) in [4.78, 5) is 29.1. The Kier molecular flexibility index (Phi) is 5.93. The quantitative estimate of drug-likeness (QED) is 0.383. The summed E-state index contributed by atoms with van der Waals surface area (Å²) in [5.74, 6) is -2.22. The number of halogens is 3. The molecule has 0 spiro atoms. The normalized spacial score (nSPS) is 14.9. The van der Waals surface area contributed by atoms with Crippen LogP contribution in [0.1, 0.15) is 49.1 Å². The first-order valence-corrected chi connectivity index (χ1v) is 11.6. The van der Waals surface area contributed by atoms with E-state index in [2.05, 4.69) is 10.1 Å². The van der Waals surface area contributed by atoms with Gasteiger partial charge in [-0.25, -0.2) is 4.98 Å². The zero-order valence-corrected chi connectivity index (χ0v) is 19.3. The number of benzene rings is 1. The molecule has 1 aliphatic carbocycles. The van der Waals surface area contributed by atoms with Crippen molar-refractivity contribution in [2.75, 3.05) is 6.61 Å². The number of aliphatic carboxylic acids is 1.